The third kappa shape index (κ3) is 5.02. The first-order valence-corrected chi connectivity index (χ1v) is 8.14. The summed E-state index contributed by atoms with van der Waals surface area (Å²) in [6.07, 6.45) is 3.64. The fraction of sp³-hybridized carbons (Fsp3) is 0.400. The molecule has 0 saturated heterocycles. The smallest absolute Gasteiger partial charge is 0.0104 e. The third-order valence-electron chi connectivity index (χ3n) is 4.02. The van der Waals surface area contributed by atoms with Crippen molar-refractivity contribution in [2.45, 2.75) is 45.1 Å². The molecule has 1 atom stereocenters. The molecule has 0 saturated carbocycles. The molecule has 2 aromatic carbocycles. The van der Waals surface area contributed by atoms with E-state index in [1.54, 1.807) is 0 Å². The lowest BCUT2D eigenvalue weighted by molar-refractivity contribution is 0.482. The molecule has 0 spiro atoms. The van der Waals surface area contributed by atoms with Crippen molar-refractivity contribution in [3.05, 3.63) is 71.8 Å². The van der Waals surface area contributed by atoms with Crippen LogP contribution in [0.15, 0.2) is 60.7 Å². The molecular weight excluding hydrogens is 254 g/mol. The number of hydrogen-bond acceptors (Lipinski definition) is 1. The minimum atomic E-state index is 0.469. The second-order valence-electron chi connectivity index (χ2n) is 5.82. The monoisotopic (exact) mass is 281 g/mol. The molecule has 0 bridgehead atoms. The number of hydrogen-bond donors (Lipinski definition) is 1. The van der Waals surface area contributed by atoms with Gasteiger partial charge in [-0.05, 0) is 37.4 Å². The molecule has 0 aliphatic carbocycles. The van der Waals surface area contributed by atoms with Crippen LogP contribution in [0.3, 0.4) is 0 Å². The van der Waals surface area contributed by atoms with Crippen LogP contribution in [0.2, 0.25) is 0 Å². The average molecular weight is 281 g/mol. The minimum Gasteiger partial charge on any atom is -0.314 e. The molecule has 0 fully saturated rings. The molecule has 0 amide bonds. The molecule has 0 aliphatic rings. The first kappa shape index (κ1) is 15.8. The average Bonchev–Trinajstić information content (AvgIpc) is 2.54. The van der Waals surface area contributed by atoms with Crippen molar-refractivity contribution in [3.63, 3.8) is 0 Å². The number of nitrogens with one attached hydrogen (secondary N) is 1. The van der Waals surface area contributed by atoms with Gasteiger partial charge in [0, 0.05) is 12.0 Å². The van der Waals surface area contributed by atoms with E-state index in [9.17, 15) is 0 Å². The summed E-state index contributed by atoms with van der Waals surface area (Å²) in [5.41, 5.74) is 2.82. The Morgan fingerprint density at radius 2 is 1.38 bits per heavy atom. The van der Waals surface area contributed by atoms with Crippen LogP contribution in [-0.2, 0) is 0 Å². The molecule has 1 unspecified atom stereocenters. The van der Waals surface area contributed by atoms with Crippen LogP contribution in [0, 0.1) is 0 Å². The van der Waals surface area contributed by atoms with Gasteiger partial charge in [-0.15, -0.1) is 0 Å². The van der Waals surface area contributed by atoms with Gasteiger partial charge < -0.3 is 5.32 Å². The topological polar surface area (TPSA) is 12.0 Å². The maximum atomic E-state index is 3.65. The summed E-state index contributed by atoms with van der Waals surface area (Å²) < 4.78 is 0. The van der Waals surface area contributed by atoms with Crippen LogP contribution in [0.5, 0.6) is 0 Å². The van der Waals surface area contributed by atoms with E-state index >= 15 is 0 Å². The van der Waals surface area contributed by atoms with Gasteiger partial charge in [-0.2, -0.15) is 0 Å². The van der Waals surface area contributed by atoms with Crippen LogP contribution in [0.25, 0.3) is 0 Å². The maximum Gasteiger partial charge on any atom is 0.0104 e. The van der Waals surface area contributed by atoms with E-state index in [-0.39, 0.29) is 0 Å². The summed E-state index contributed by atoms with van der Waals surface area (Å²) in [6, 6.07) is 22.3. The van der Waals surface area contributed by atoms with Gasteiger partial charge in [-0.1, -0.05) is 74.0 Å². The largest absolute Gasteiger partial charge is 0.314 e. The Morgan fingerprint density at radius 3 is 1.86 bits per heavy atom. The Kier molecular flexibility index (Phi) is 6.49. The Hall–Kier alpha value is -1.60. The summed E-state index contributed by atoms with van der Waals surface area (Å²) in [6.45, 7) is 5.66. The van der Waals surface area contributed by atoms with Gasteiger partial charge in [0.2, 0.25) is 0 Å². The van der Waals surface area contributed by atoms with E-state index in [0.717, 1.165) is 13.0 Å². The summed E-state index contributed by atoms with van der Waals surface area (Å²) >= 11 is 0. The second-order valence-corrected chi connectivity index (χ2v) is 5.82. The Bertz CT molecular complexity index is 452. The van der Waals surface area contributed by atoms with Gasteiger partial charge in [-0.25, -0.2) is 0 Å². The first-order chi connectivity index (χ1) is 10.3. The maximum absolute atomic E-state index is 3.65. The van der Waals surface area contributed by atoms with Gasteiger partial charge in [0.1, 0.15) is 0 Å². The van der Waals surface area contributed by atoms with Crippen molar-refractivity contribution < 1.29 is 0 Å². The van der Waals surface area contributed by atoms with Crippen LogP contribution >= 0.6 is 0 Å². The van der Waals surface area contributed by atoms with Crippen LogP contribution < -0.4 is 5.32 Å². The summed E-state index contributed by atoms with van der Waals surface area (Å²) in [5.74, 6) is 0.469. The third-order valence-corrected chi connectivity index (χ3v) is 4.02. The minimum absolute atomic E-state index is 0.469. The molecule has 1 nitrogen and oxygen atoms in total. The predicted molar refractivity (Wildman–Crippen MR) is 91.7 cm³/mol. The van der Waals surface area contributed by atoms with Crippen molar-refractivity contribution in [2.75, 3.05) is 6.54 Å². The number of rotatable bonds is 8. The molecule has 1 N–H and O–H groups in total. The summed E-state index contributed by atoms with van der Waals surface area (Å²) in [7, 11) is 0. The highest BCUT2D eigenvalue weighted by atomic mass is 14.9. The molecule has 2 rings (SSSR count). The Labute approximate surface area is 129 Å². The quantitative estimate of drug-likeness (QED) is 0.672. The summed E-state index contributed by atoms with van der Waals surface area (Å²) in [4.78, 5) is 0. The second kappa shape index (κ2) is 8.63. The zero-order chi connectivity index (χ0) is 14.9. The van der Waals surface area contributed by atoms with Gasteiger partial charge in [0.15, 0.2) is 0 Å². The van der Waals surface area contributed by atoms with E-state index in [0.29, 0.717) is 12.0 Å². The highest BCUT2D eigenvalue weighted by Gasteiger charge is 2.16. The molecule has 0 aromatic heterocycles. The van der Waals surface area contributed by atoms with Crippen molar-refractivity contribution in [1.82, 2.24) is 5.32 Å². The number of unbranched alkanes of at least 4 members (excludes halogenated alkanes) is 1. The fourth-order valence-electron chi connectivity index (χ4n) is 2.80. The van der Waals surface area contributed by atoms with Crippen LogP contribution in [0.1, 0.15) is 50.2 Å². The fourth-order valence-corrected chi connectivity index (χ4v) is 2.80. The van der Waals surface area contributed by atoms with E-state index in [2.05, 4.69) is 79.8 Å². The zero-order valence-electron chi connectivity index (χ0n) is 13.3. The molecule has 0 aliphatic heterocycles. The molecule has 1 heteroatoms. The highest BCUT2D eigenvalue weighted by molar-refractivity contribution is 5.32. The number of benzene rings is 2. The molecule has 0 heterocycles. The summed E-state index contributed by atoms with van der Waals surface area (Å²) in [5, 5.41) is 3.65. The van der Waals surface area contributed by atoms with Crippen LogP contribution in [0.4, 0.5) is 0 Å². The first-order valence-electron chi connectivity index (χ1n) is 8.14. The van der Waals surface area contributed by atoms with Gasteiger partial charge >= 0.3 is 0 Å². The van der Waals surface area contributed by atoms with Crippen molar-refractivity contribution in [1.29, 1.82) is 0 Å². The van der Waals surface area contributed by atoms with Crippen molar-refractivity contribution >= 4 is 0 Å². The van der Waals surface area contributed by atoms with Gasteiger partial charge in [0.05, 0.1) is 0 Å². The standard InChI is InChI=1S/C20H27N/c1-3-4-15-21-17(2)16-20(18-11-7-5-8-12-18)19-13-9-6-10-14-19/h5-14,17,20-21H,3-4,15-16H2,1-2H3. The van der Waals surface area contributed by atoms with Crippen molar-refractivity contribution in [2.24, 2.45) is 0 Å². The lowest BCUT2D eigenvalue weighted by Crippen LogP contribution is -2.29. The van der Waals surface area contributed by atoms with E-state index in [1.165, 1.54) is 24.0 Å². The molecule has 112 valence electrons. The molecule has 21 heavy (non-hydrogen) atoms. The van der Waals surface area contributed by atoms with E-state index in [1.807, 2.05) is 0 Å². The lowest BCUT2D eigenvalue weighted by atomic mass is 9.86. The van der Waals surface area contributed by atoms with E-state index < -0.39 is 0 Å². The molecule has 2 aromatic rings. The van der Waals surface area contributed by atoms with E-state index in [4.69, 9.17) is 0 Å². The predicted octanol–water partition coefficient (Wildman–Crippen LogP) is 4.99. The van der Waals surface area contributed by atoms with Gasteiger partial charge in [0.25, 0.3) is 0 Å². The highest BCUT2D eigenvalue weighted by Crippen LogP contribution is 2.28. The normalized spacial score (nSPS) is 12.5. The molecule has 0 radical (unpaired) electrons. The van der Waals surface area contributed by atoms with Gasteiger partial charge in [-0.3, -0.25) is 0 Å². The molecular formula is C20H27N. The zero-order valence-corrected chi connectivity index (χ0v) is 13.3. The Balaban J connectivity index is 2.10. The SMILES string of the molecule is CCCCNC(C)CC(c1ccccc1)c1ccccc1. The van der Waals surface area contributed by atoms with Crippen LogP contribution in [-0.4, -0.2) is 12.6 Å². The Morgan fingerprint density at radius 1 is 0.857 bits per heavy atom. The van der Waals surface area contributed by atoms with Crippen molar-refractivity contribution in [3.8, 4) is 0 Å². The lowest BCUT2D eigenvalue weighted by Gasteiger charge is -2.23.